The van der Waals surface area contributed by atoms with Gasteiger partial charge in [-0.1, -0.05) is 24.6 Å². The highest BCUT2D eigenvalue weighted by Gasteiger charge is 2.28. The zero-order valence-electron chi connectivity index (χ0n) is 11.2. The number of hydrogen-bond acceptors (Lipinski definition) is 3. The Morgan fingerprint density at radius 2 is 2.12 bits per heavy atom. The maximum atomic E-state index is 9.66. The number of nitrogens with one attached hydrogen (secondary N) is 1. The lowest BCUT2D eigenvalue weighted by Gasteiger charge is -2.31. The Morgan fingerprint density at radius 1 is 1.41 bits per heavy atom. The molecule has 2 N–H and O–H groups in total. The third kappa shape index (κ3) is 3.20. The SMILES string of the molecule is CCCNC(C)(CO)c1cc(C)ccc1OC. The van der Waals surface area contributed by atoms with Crippen LogP contribution in [-0.4, -0.2) is 25.4 Å². The molecule has 1 aromatic rings. The summed E-state index contributed by atoms with van der Waals surface area (Å²) in [4.78, 5) is 0. The molecule has 0 spiro atoms. The summed E-state index contributed by atoms with van der Waals surface area (Å²) in [7, 11) is 1.66. The Kier molecular flexibility index (Phi) is 4.97. The number of methoxy groups -OCH3 is 1. The van der Waals surface area contributed by atoms with Crippen molar-refractivity contribution in [1.82, 2.24) is 5.32 Å². The van der Waals surface area contributed by atoms with Gasteiger partial charge in [0.05, 0.1) is 19.3 Å². The van der Waals surface area contributed by atoms with Crippen molar-refractivity contribution in [3.8, 4) is 5.75 Å². The number of aliphatic hydroxyl groups is 1. The number of ether oxygens (including phenoxy) is 1. The van der Waals surface area contributed by atoms with E-state index in [9.17, 15) is 5.11 Å². The Hall–Kier alpha value is -1.06. The van der Waals surface area contributed by atoms with E-state index in [2.05, 4.69) is 18.3 Å². The molecular formula is C14H23NO2. The zero-order chi connectivity index (χ0) is 12.9. The first-order valence-electron chi connectivity index (χ1n) is 6.08. The Labute approximate surface area is 104 Å². The third-order valence-corrected chi connectivity index (χ3v) is 3.03. The lowest BCUT2D eigenvalue weighted by molar-refractivity contribution is 0.172. The molecule has 1 aromatic carbocycles. The average molecular weight is 237 g/mol. The molecule has 0 amide bonds. The van der Waals surface area contributed by atoms with Gasteiger partial charge in [-0.2, -0.15) is 0 Å². The number of benzene rings is 1. The van der Waals surface area contributed by atoms with Crippen LogP contribution in [0.1, 0.15) is 31.4 Å². The van der Waals surface area contributed by atoms with E-state index in [-0.39, 0.29) is 6.61 Å². The van der Waals surface area contributed by atoms with Crippen molar-refractivity contribution >= 4 is 0 Å². The molecule has 1 atom stereocenters. The second-order valence-corrected chi connectivity index (χ2v) is 4.62. The highest BCUT2D eigenvalue weighted by Crippen LogP contribution is 2.30. The largest absolute Gasteiger partial charge is 0.496 e. The van der Waals surface area contributed by atoms with Gasteiger partial charge in [-0.15, -0.1) is 0 Å². The smallest absolute Gasteiger partial charge is 0.124 e. The normalized spacial score (nSPS) is 14.4. The van der Waals surface area contributed by atoms with Gasteiger partial charge < -0.3 is 15.2 Å². The van der Waals surface area contributed by atoms with E-state index in [1.807, 2.05) is 26.0 Å². The monoisotopic (exact) mass is 237 g/mol. The second-order valence-electron chi connectivity index (χ2n) is 4.62. The van der Waals surface area contributed by atoms with Gasteiger partial charge in [0.15, 0.2) is 0 Å². The lowest BCUT2D eigenvalue weighted by atomic mass is 9.90. The molecular weight excluding hydrogens is 214 g/mol. The van der Waals surface area contributed by atoms with Crippen molar-refractivity contribution in [2.75, 3.05) is 20.3 Å². The Morgan fingerprint density at radius 3 is 2.65 bits per heavy atom. The number of rotatable bonds is 6. The minimum Gasteiger partial charge on any atom is -0.496 e. The van der Waals surface area contributed by atoms with Crippen LogP contribution in [0, 0.1) is 6.92 Å². The molecule has 0 fully saturated rings. The predicted molar refractivity (Wildman–Crippen MR) is 70.5 cm³/mol. The van der Waals surface area contributed by atoms with Gasteiger partial charge in [0.1, 0.15) is 5.75 Å². The van der Waals surface area contributed by atoms with E-state index in [1.165, 1.54) is 5.56 Å². The Bertz CT molecular complexity index is 365. The minimum absolute atomic E-state index is 0.0484. The highest BCUT2D eigenvalue weighted by atomic mass is 16.5. The van der Waals surface area contributed by atoms with Crippen LogP contribution in [0.4, 0.5) is 0 Å². The van der Waals surface area contributed by atoms with Crippen LogP contribution >= 0.6 is 0 Å². The molecule has 17 heavy (non-hydrogen) atoms. The third-order valence-electron chi connectivity index (χ3n) is 3.03. The van der Waals surface area contributed by atoms with Gasteiger partial charge in [-0.25, -0.2) is 0 Å². The molecule has 0 aliphatic rings. The van der Waals surface area contributed by atoms with E-state index < -0.39 is 5.54 Å². The molecule has 0 aliphatic heterocycles. The predicted octanol–water partition coefficient (Wildman–Crippen LogP) is 2.21. The van der Waals surface area contributed by atoms with Gasteiger partial charge in [0.25, 0.3) is 0 Å². The fraction of sp³-hybridized carbons (Fsp3) is 0.571. The van der Waals surface area contributed by atoms with Crippen LogP contribution in [0.15, 0.2) is 18.2 Å². The van der Waals surface area contributed by atoms with Gasteiger partial charge in [0, 0.05) is 5.56 Å². The second kappa shape index (κ2) is 6.03. The van der Waals surface area contributed by atoms with Crippen LogP contribution in [0.3, 0.4) is 0 Å². The lowest BCUT2D eigenvalue weighted by Crippen LogP contribution is -2.43. The molecule has 96 valence electrons. The van der Waals surface area contributed by atoms with Gasteiger partial charge in [0.2, 0.25) is 0 Å². The van der Waals surface area contributed by atoms with Crippen molar-refractivity contribution in [3.63, 3.8) is 0 Å². The summed E-state index contributed by atoms with van der Waals surface area (Å²) in [5.74, 6) is 0.816. The average Bonchev–Trinajstić information content (AvgIpc) is 2.36. The fourth-order valence-corrected chi connectivity index (χ4v) is 1.89. The van der Waals surface area contributed by atoms with Crippen molar-refractivity contribution in [2.45, 2.75) is 32.7 Å². The van der Waals surface area contributed by atoms with E-state index in [1.54, 1.807) is 7.11 Å². The topological polar surface area (TPSA) is 41.5 Å². The quantitative estimate of drug-likeness (QED) is 0.797. The summed E-state index contributed by atoms with van der Waals surface area (Å²) in [6.07, 6.45) is 1.03. The van der Waals surface area contributed by atoms with E-state index in [0.29, 0.717) is 0 Å². The molecule has 0 aromatic heterocycles. The van der Waals surface area contributed by atoms with Crippen LogP contribution < -0.4 is 10.1 Å². The molecule has 0 saturated carbocycles. The fourth-order valence-electron chi connectivity index (χ4n) is 1.89. The van der Waals surface area contributed by atoms with Crippen molar-refractivity contribution in [3.05, 3.63) is 29.3 Å². The number of aliphatic hydroxyl groups excluding tert-OH is 1. The molecule has 3 nitrogen and oxygen atoms in total. The molecule has 1 rings (SSSR count). The molecule has 0 saturated heterocycles. The maximum absolute atomic E-state index is 9.66. The minimum atomic E-state index is -0.451. The summed E-state index contributed by atoms with van der Waals surface area (Å²) in [5, 5.41) is 13.0. The van der Waals surface area contributed by atoms with Crippen LogP contribution in [0.2, 0.25) is 0 Å². The molecule has 0 radical (unpaired) electrons. The molecule has 0 bridgehead atoms. The van der Waals surface area contributed by atoms with Gasteiger partial charge >= 0.3 is 0 Å². The van der Waals surface area contributed by atoms with Crippen molar-refractivity contribution < 1.29 is 9.84 Å². The van der Waals surface area contributed by atoms with Crippen molar-refractivity contribution in [1.29, 1.82) is 0 Å². The summed E-state index contributed by atoms with van der Waals surface area (Å²) in [6.45, 7) is 7.07. The van der Waals surface area contributed by atoms with E-state index >= 15 is 0 Å². The van der Waals surface area contributed by atoms with Crippen molar-refractivity contribution in [2.24, 2.45) is 0 Å². The van der Waals surface area contributed by atoms with Gasteiger partial charge in [-0.3, -0.25) is 0 Å². The number of aryl methyl sites for hydroxylation is 1. The molecule has 0 heterocycles. The van der Waals surface area contributed by atoms with Crippen LogP contribution in [0.25, 0.3) is 0 Å². The van der Waals surface area contributed by atoms with Crippen LogP contribution in [-0.2, 0) is 5.54 Å². The van der Waals surface area contributed by atoms with E-state index in [4.69, 9.17) is 4.74 Å². The standard InChI is InChI=1S/C14H23NO2/c1-5-8-15-14(3,10-16)12-9-11(2)6-7-13(12)17-4/h6-7,9,15-16H,5,8,10H2,1-4H3. The first-order valence-corrected chi connectivity index (χ1v) is 6.08. The first-order chi connectivity index (χ1) is 8.07. The maximum Gasteiger partial charge on any atom is 0.124 e. The zero-order valence-corrected chi connectivity index (χ0v) is 11.2. The first kappa shape index (κ1) is 14.0. The summed E-state index contributed by atoms with van der Waals surface area (Å²) < 4.78 is 5.38. The summed E-state index contributed by atoms with van der Waals surface area (Å²) in [5.41, 5.74) is 1.72. The van der Waals surface area contributed by atoms with Gasteiger partial charge in [-0.05, 0) is 32.9 Å². The molecule has 3 heteroatoms. The number of hydrogen-bond donors (Lipinski definition) is 2. The molecule has 0 aliphatic carbocycles. The summed E-state index contributed by atoms with van der Waals surface area (Å²) in [6, 6.07) is 6.03. The highest BCUT2D eigenvalue weighted by molar-refractivity contribution is 5.41. The Balaban J connectivity index is 3.12. The van der Waals surface area contributed by atoms with E-state index in [0.717, 1.165) is 24.3 Å². The molecule has 1 unspecified atom stereocenters. The summed E-state index contributed by atoms with van der Waals surface area (Å²) >= 11 is 0. The van der Waals surface area contributed by atoms with Crippen LogP contribution in [0.5, 0.6) is 5.75 Å².